The number of carbonyl (C=O) groups is 1. The van der Waals surface area contributed by atoms with E-state index >= 15 is 0 Å². The van der Waals surface area contributed by atoms with E-state index in [2.05, 4.69) is 0 Å². The molecule has 1 aromatic heterocycles. The topological polar surface area (TPSA) is 71.7 Å². The summed E-state index contributed by atoms with van der Waals surface area (Å²) in [5.41, 5.74) is 1.21. The van der Waals surface area contributed by atoms with Crippen LogP contribution in [0.4, 0.5) is 0 Å². The Hall–Kier alpha value is -2.01. The monoisotopic (exact) mass is 235 g/mol. The Bertz CT molecular complexity index is 573. The molecule has 0 radical (unpaired) electrons. The number of aliphatic hydroxyl groups is 1. The molecule has 1 atom stereocenters. The van der Waals surface area contributed by atoms with Crippen LogP contribution in [0.2, 0.25) is 0 Å². The van der Waals surface area contributed by atoms with Crippen LogP contribution in [0.3, 0.4) is 0 Å². The van der Waals surface area contributed by atoms with Crippen molar-refractivity contribution in [3.8, 4) is 5.75 Å². The fourth-order valence-corrected chi connectivity index (χ4v) is 1.87. The number of aryl methyl sites for hydroxylation is 1. The second-order valence-corrected chi connectivity index (χ2v) is 3.82. The van der Waals surface area contributed by atoms with Gasteiger partial charge in [0.15, 0.2) is 6.10 Å². The summed E-state index contributed by atoms with van der Waals surface area (Å²) in [6.45, 7) is 0. The fraction of sp³-hybridized carbons (Fsp3) is 0.250. The first-order valence-corrected chi connectivity index (χ1v) is 5.08. The Morgan fingerprint density at radius 1 is 1.47 bits per heavy atom. The van der Waals surface area contributed by atoms with Crippen molar-refractivity contribution in [3.63, 3.8) is 0 Å². The van der Waals surface area contributed by atoms with Gasteiger partial charge in [-0.05, 0) is 12.1 Å². The number of nitrogens with zero attached hydrogens (tertiary/aromatic N) is 1. The predicted octanol–water partition coefficient (Wildman–Crippen LogP) is 1.30. The van der Waals surface area contributed by atoms with E-state index in [0.717, 1.165) is 5.52 Å². The van der Waals surface area contributed by atoms with Crippen LogP contribution in [-0.2, 0) is 11.8 Å². The molecule has 0 amide bonds. The normalized spacial score (nSPS) is 12.6. The average molecular weight is 235 g/mol. The van der Waals surface area contributed by atoms with Gasteiger partial charge in [-0.1, -0.05) is 0 Å². The highest BCUT2D eigenvalue weighted by Gasteiger charge is 2.20. The van der Waals surface area contributed by atoms with E-state index in [4.69, 9.17) is 9.84 Å². The van der Waals surface area contributed by atoms with Crippen molar-refractivity contribution in [1.82, 2.24) is 4.57 Å². The molecule has 1 unspecified atom stereocenters. The lowest BCUT2D eigenvalue weighted by molar-refractivity contribution is -0.146. The van der Waals surface area contributed by atoms with Crippen molar-refractivity contribution >= 4 is 16.9 Å². The van der Waals surface area contributed by atoms with E-state index in [9.17, 15) is 9.90 Å². The van der Waals surface area contributed by atoms with Crippen LogP contribution in [0.1, 0.15) is 11.7 Å². The van der Waals surface area contributed by atoms with E-state index in [1.165, 1.54) is 0 Å². The van der Waals surface area contributed by atoms with Gasteiger partial charge in [0.1, 0.15) is 5.75 Å². The maximum Gasteiger partial charge on any atom is 0.337 e. The molecule has 0 saturated heterocycles. The molecule has 0 fully saturated rings. The zero-order valence-corrected chi connectivity index (χ0v) is 9.54. The van der Waals surface area contributed by atoms with E-state index in [1.807, 2.05) is 0 Å². The Morgan fingerprint density at radius 2 is 2.18 bits per heavy atom. The van der Waals surface area contributed by atoms with Crippen molar-refractivity contribution in [2.24, 2.45) is 7.05 Å². The van der Waals surface area contributed by atoms with Gasteiger partial charge in [-0.15, -0.1) is 0 Å². The number of methoxy groups -OCH3 is 1. The van der Waals surface area contributed by atoms with E-state index < -0.39 is 12.1 Å². The lowest BCUT2D eigenvalue weighted by Crippen LogP contribution is -2.09. The third-order valence-corrected chi connectivity index (χ3v) is 2.76. The molecule has 0 spiro atoms. The van der Waals surface area contributed by atoms with E-state index in [1.54, 1.807) is 43.1 Å². The van der Waals surface area contributed by atoms with Crippen LogP contribution < -0.4 is 4.74 Å². The number of aliphatic hydroxyl groups excluding tert-OH is 1. The molecule has 0 saturated carbocycles. The summed E-state index contributed by atoms with van der Waals surface area (Å²) in [6, 6.07) is 5.28. The molecule has 17 heavy (non-hydrogen) atoms. The summed E-state index contributed by atoms with van der Waals surface area (Å²) in [6.07, 6.45) is 0.107. The van der Waals surface area contributed by atoms with Crippen molar-refractivity contribution < 1.29 is 19.7 Å². The molecule has 0 aliphatic carbocycles. The number of hydrogen-bond acceptors (Lipinski definition) is 3. The van der Waals surface area contributed by atoms with Crippen molar-refractivity contribution in [3.05, 3.63) is 30.0 Å². The molecular weight excluding hydrogens is 222 g/mol. The molecule has 2 aromatic rings. The average Bonchev–Trinajstić information content (AvgIpc) is 2.65. The van der Waals surface area contributed by atoms with Crippen molar-refractivity contribution in [2.45, 2.75) is 6.10 Å². The lowest BCUT2D eigenvalue weighted by atomic mass is 10.1. The second-order valence-electron chi connectivity index (χ2n) is 3.82. The second kappa shape index (κ2) is 4.10. The molecule has 1 heterocycles. The number of carboxylic acids is 1. The summed E-state index contributed by atoms with van der Waals surface area (Å²) in [4.78, 5) is 10.8. The molecule has 1 aromatic carbocycles. The number of benzene rings is 1. The minimum atomic E-state index is -1.51. The Morgan fingerprint density at radius 3 is 2.76 bits per heavy atom. The van der Waals surface area contributed by atoms with Crippen LogP contribution in [0.15, 0.2) is 24.4 Å². The van der Waals surface area contributed by atoms with Crippen LogP contribution in [-0.4, -0.2) is 27.9 Å². The molecule has 0 bridgehead atoms. The van der Waals surface area contributed by atoms with Crippen LogP contribution in [0.25, 0.3) is 10.9 Å². The molecule has 5 nitrogen and oxygen atoms in total. The van der Waals surface area contributed by atoms with Crippen molar-refractivity contribution in [2.75, 3.05) is 7.11 Å². The predicted molar refractivity (Wildman–Crippen MR) is 62.1 cm³/mol. The quantitative estimate of drug-likeness (QED) is 0.841. The highest BCUT2D eigenvalue weighted by Crippen LogP contribution is 2.29. The number of rotatable bonds is 3. The van der Waals surface area contributed by atoms with Crippen LogP contribution in [0.5, 0.6) is 5.75 Å². The molecule has 2 rings (SSSR count). The summed E-state index contributed by atoms with van der Waals surface area (Å²) in [5.74, 6) is -0.566. The summed E-state index contributed by atoms with van der Waals surface area (Å²) in [7, 11) is 3.36. The first-order chi connectivity index (χ1) is 8.04. The van der Waals surface area contributed by atoms with Gasteiger partial charge < -0.3 is 19.5 Å². The van der Waals surface area contributed by atoms with E-state index in [-0.39, 0.29) is 0 Å². The van der Waals surface area contributed by atoms with Gasteiger partial charge in [-0.2, -0.15) is 0 Å². The fourth-order valence-electron chi connectivity index (χ4n) is 1.87. The maximum atomic E-state index is 10.8. The third-order valence-electron chi connectivity index (χ3n) is 2.76. The maximum absolute atomic E-state index is 10.8. The Balaban J connectivity index is 2.63. The summed E-state index contributed by atoms with van der Waals surface area (Å²) >= 11 is 0. The number of aliphatic carboxylic acids is 1. The van der Waals surface area contributed by atoms with Crippen molar-refractivity contribution in [1.29, 1.82) is 0 Å². The Labute approximate surface area is 97.9 Å². The van der Waals surface area contributed by atoms with Gasteiger partial charge in [-0.3, -0.25) is 0 Å². The zero-order chi connectivity index (χ0) is 12.6. The molecule has 5 heteroatoms. The first-order valence-electron chi connectivity index (χ1n) is 5.08. The van der Waals surface area contributed by atoms with Gasteiger partial charge in [-0.25, -0.2) is 4.79 Å². The van der Waals surface area contributed by atoms with Gasteiger partial charge in [0.25, 0.3) is 0 Å². The minimum Gasteiger partial charge on any atom is -0.497 e. The lowest BCUT2D eigenvalue weighted by Gasteiger charge is -2.04. The largest absolute Gasteiger partial charge is 0.497 e. The standard InChI is InChI=1S/C12H13NO4/c1-13-6-9(11(14)12(15)16)8-4-3-7(17-2)5-10(8)13/h3-6,11,14H,1-2H3,(H,15,16). The van der Waals surface area contributed by atoms with Gasteiger partial charge in [0.2, 0.25) is 0 Å². The highest BCUT2D eigenvalue weighted by molar-refractivity contribution is 5.89. The molecular formula is C12H13NO4. The zero-order valence-electron chi connectivity index (χ0n) is 9.54. The highest BCUT2D eigenvalue weighted by atomic mass is 16.5. The molecule has 90 valence electrons. The number of aromatic nitrogens is 1. The van der Waals surface area contributed by atoms with Gasteiger partial charge in [0, 0.05) is 30.3 Å². The number of ether oxygens (including phenoxy) is 1. The molecule has 2 N–H and O–H groups in total. The third kappa shape index (κ3) is 1.85. The summed E-state index contributed by atoms with van der Waals surface area (Å²) in [5, 5.41) is 19.1. The number of hydrogen-bond donors (Lipinski definition) is 2. The van der Waals surface area contributed by atoms with Gasteiger partial charge >= 0.3 is 5.97 Å². The molecule has 0 aliphatic heterocycles. The minimum absolute atomic E-state index is 0.387. The first kappa shape index (κ1) is 11.5. The smallest absolute Gasteiger partial charge is 0.337 e. The summed E-state index contributed by atoms with van der Waals surface area (Å²) < 4.78 is 6.87. The van der Waals surface area contributed by atoms with Crippen LogP contribution >= 0.6 is 0 Å². The van der Waals surface area contributed by atoms with E-state index in [0.29, 0.717) is 16.7 Å². The van der Waals surface area contributed by atoms with Gasteiger partial charge in [0.05, 0.1) is 12.6 Å². The number of carboxylic acid groups (broad SMARTS) is 1. The Kier molecular flexibility index (Phi) is 2.77. The van der Waals surface area contributed by atoms with Crippen LogP contribution in [0, 0.1) is 0 Å². The molecule has 0 aliphatic rings. The number of fused-ring (bicyclic) bond motifs is 1. The SMILES string of the molecule is COc1ccc2c(C(O)C(=O)O)cn(C)c2c1.